The van der Waals surface area contributed by atoms with Crippen LogP contribution in [0.15, 0.2) is 24.3 Å². The van der Waals surface area contributed by atoms with Crippen LogP contribution < -0.4 is 4.31 Å². The molecule has 1 aromatic carbocycles. The lowest BCUT2D eigenvalue weighted by atomic mass is 10.1. The van der Waals surface area contributed by atoms with Gasteiger partial charge in [0, 0.05) is 13.1 Å². The Labute approximate surface area is 136 Å². The number of aliphatic carboxylic acids is 1. The Balaban J connectivity index is 1.82. The Kier molecular flexibility index (Phi) is 4.33. The molecule has 2 aliphatic heterocycles. The predicted octanol–water partition coefficient (Wildman–Crippen LogP) is 1.32. The van der Waals surface area contributed by atoms with Gasteiger partial charge in [-0.15, -0.1) is 0 Å². The number of carboxylic acid groups (broad SMARTS) is 1. The van der Waals surface area contributed by atoms with E-state index in [1.807, 2.05) is 24.3 Å². The molecule has 2 atom stereocenters. The summed E-state index contributed by atoms with van der Waals surface area (Å²) in [5.74, 6) is -0.908. The highest BCUT2D eigenvalue weighted by atomic mass is 32.2. The minimum atomic E-state index is -3.47. The number of carbonyl (C=O) groups is 1. The molecule has 0 radical (unpaired) electrons. The molecule has 7 heteroatoms. The van der Waals surface area contributed by atoms with Crippen molar-refractivity contribution in [2.24, 2.45) is 0 Å². The topological polar surface area (TPSA) is 77.9 Å². The van der Waals surface area contributed by atoms with E-state index in [0.29, 0.717) is 25.9 Å². The Bertz CT molecular complexity index is 704. The lowest BCUT2D eigenvalue weighted by Crippen LogP contribution is -2.51. The van der Waals surface area contributed by atoms with E-state index in [9.17, 15) is 13.2 Å². The van der Waals surface area contributed by atoms with E-state index < -0.39 is 27.3 Å². The number of nitrogens with zero attached hydrogens (tertiary/aromatic N) is 2. The molecule has 6 nitrogen and oxygen atoms in total. The number of rotatable bonds is 4. The Morgan fingerprint density at radius 3 is 2.78 bits per heavy atom. The molecular formula is C16H22N2O4S. The summed E-state index contributed by atoms with van der Waals surface area (Å²) in [5, 5.41) is 8.63. The molecule has 1 fully saturated rings. The monoisotopic (exact) mass is 338 g/mol. The molecule has 1 aromatic rings. The van der Waals surface area contributed by atoms with Gasteiger partial charge in [-0.25, -0.2) is 8.42 Å². The van der Waals surface area contributed by atoms with Crippen molar-refractivity contribution >= 4 is 21.7 Å². The molecular weight excluding hydrogens is 316 g/mol. The maximum Gasteiger partial charge on any atom is 0.320 e. The van der Waals surface area contributed by atoms with Gasteiger partial charge in [0.15, 0.2) is 0 Å². The SMILES string of the molecule is CC(C(=O)O)N1CCCC(S(=O)(=O)N2CCc3ccccc32)C1. The van der Waals surface area contributed by atoms with Crippen LogP contribution in [0.2, 0.25) is 0 Å². The standard InChI is InChI=1S/C16H22N2O4S/c1-12(16(19)20)17-9-4-6-14(11-17)23(21,22)18-10-8-13-5-2-3-7-15(13)18/h2-3,5,7,12,14H,4,6,8-11H2,1H3,(H,19,20). The lowest BCUT2D eigenvalue weighted by molar-refractivity contribution is -0.142. The average molecular weight is 338 g/mol. The summed E-state index contributed by atoms with van der Waals surface area (Å²) in [4.78, 5) is 12.9. The third kappa shape index (κ3) is 2.95. The van der Waals surface area contributed by atoms with Crippen molar-refractivity contribution < 1.29 is 18.3 Å². The number of para-hydroxylation sites is 1. The van der Waals surface area contributed by atoms with Crippen LogP contribution in [0.3, 0.4) is 0 Å². The lowest BCUT2D eigenvalue weighted by Gasteiger charge is -2.36. The summed E-state index contributed by atoms with van der Waals surface area (Å²) in [6, 6.07) is 6.93. The highest BCUT2D eigenvalue weighted by Gasteiger charge is 2.39. The van der Waals surface area contributed by atoms with Crippen molar-refractivity contribution in [3.63, 3.8) is 0 Å². The predicted molar refractivity (Wildman–Crippen MR) is 88.1 cm³/mol. The summed E-state index contributed by atoms with van der Waals surface area (Å²) in [7, 11) is -3.47. The molecule has 1 N–H and O–H groups in total. The molecule has 0 amide bonds. The fourth-order valence-electron chi connectivity index (χ4n) is 3.47. The summed E-state index contributed by atoms with van der Waals surface area (Å²) in [6.07, 6.45) is 2.03. The highest BCUT2D eigenvalue weighted by molar-refractivity contribution is 7.93. The molecule has 3 rings (SSSR count). The number of piperidine rings is 1. The second kappa shape index (κ2) is 6.13. The van der Waals surface area contributed by atoms with E-state index in [1.165, 1.54) is 4.31 Å². The van der Waals surface area contributed by atoms with Crippen LogP contribution in [0.25, 0.3) is 0 Å². The minimum absolute atomic E-state index is 0.286. The minimum Gasteiger partial charge on any atom is -0.480 e. The molecule has 2 aliphatic rings. The highest BCUT2D eigenvalue weighted by Crippen LogP contribution is 2.33. The third-order valence-corrected chi connectivity index (χ3v) is 7.11. The third-order valence-electron chi connectivity index (χ3n) is 4.89. The fraction of sp³-hybridized carbons (Fsp3) is 0.562. The number of anilines is 1. The van der Waals surface area contributed by atoms with Gasteiger partial charge in [-0.2, -0.15) is 0 Å². The maximum absolute atomic E-state index is 13.0. The quantitative estimate of drug-likeness (QED) is 0.896. The number of benzene rings is 1. The Morgan fingerprint density at radius 1 is 1.30 bits per heavy atom. The molecule has 0 aliphatic carbocycles. The van der Waals surface area contributed by atoms with Crippen LogP contribution in [-0.2, 0) is 21.2 Å². The van der Waals surface area contributed by atoms with Crippen LogP contribution in [-0.4, -0.2) is 55.3 Å². The zero-order chi connectivity index (χ0) is 16.6. The fourth-order valence-corrected chi connectivity index (χ4v) is 5.47. The number of hydrogen-bond acceptors (Lipinski definition) is 4. The van der Waals surface area contributed by atoms with Crippen LogP contribution in [0.4, 0.5) is 5.69 Å². The van der Waals surface area contributed by atoms with Crippen LogP contribution in [0.5, 0.6) is 0 Å². The number of likely N-dealkylation sites (tertiary alicyclic amines) is 1. The van der Waals surface area contributed by atoms with Gasteiger partial charge in [0.2, 0.25) is 10.0 Å². The maximum atomic E-state index is 13.0. The smallest absolute Gasteiger partial charge is 0.320 e. The van der Waals surface area contributed by atoms with Crippen molar-refractivity contribution in [3.05, 3.63) is 29.8 Å². The van der Waals surface area contributed by atoms with Crippen molar-refractivity contribution in [1.82, 2.24) is 4.90 Å². The molecule has 126 valence electrons. The zero-order valence-electron chi connectivity index (χ0n) is 13.2. The first-order valence-electron chi connectivity index (χ1n) is 7.97. The Hall–Kier alpha value is -1.60. The first-order chi connectivity index (χ1) is 10.9. The van der Waals surface area contributed by atoms with E-state index in [1.54, 1.807) is 11.8 Å². The van der Waals surface area contributed by atoms with E-state index >= 15 is 0 Å². The van der Waals surface area contributed by atoms with Crippen molar-refractivity contribution in [2.45, 2.75) is 37.5 Å². The summed E-state index contributed by atoms with van der Waals surface area (Å²) in [5.41, 5.74) is 1.83. The molecule has 1 saturated heterocycles. The molecule has 0 bridgehead atoms. The summed E-state index contributed by atoms with van der Waals surface area (Å²) >= 11 is 0. The van der Waals surface area contributed by atoms with E-state index in [2.05, 4.69) is 0 Å². The van der Waals surface area contributed by atoms with E-state index in [4.69, 9.17) is 5.11 Å². The van der Waals surface area contributed by atoms with Gasteiger partial charge in [-0.05, 0) is 44.4 Å². The number of sulfonamides is 1. The molecule has 2 unspecified atom stereocenters. The van der Waals surface area contributed by atoms with Crippen LogP contribution >= 0.6 is 0 Å². The van der Waals surface area contributed by atoms with Crippen LogP contribution in [0, 0.1) is 0 Å². The van der Waals surface area contributed by atoms with E-state index in [0.717, 1.165) is 17.7 Å². The Morgan fingerprint density at radius 2 is 2.04 bits per heavy atom. The normalized spacial score (nSPS) is 23.5. The van der Waals surface area contributed by atoms with Gasteiger partial charge >= 0.3 is 5.97 Å². The first-order valence-corrected chi connectivity index (χ1v) is 9.48. The van der Waals surface area contributed by atoms with Gasteiger partial charge in [-0.3, -0.25) is 14.0 Å². The first kappa shape index (κ1) is 16.3. The van der Waals surface area contributed by atoms with Gasteiger partial charge < -0.3 is 5.11 Å². The van der Waals surface area contributed by atoms with Gasteiger partial charge in [0.05, 0.1) is 10.9 Å². The summed E-state index contributed by atoms with van der Waals surface area (Å²) in [6.45, 7) is 3.01. The number of hydrogen-bond donors (Lipinski definition) is 1. The van der Waals surface area contributed by atoms with E-state index in [-0.39, 0.29) is 6.54 Å². The second-order valence-corrected chi connectivity index (χ2v) is 8.41. The number of carboxylic acids is 1. The molecule has 0 saturated carbocycles. The summed E-state index contributed by atoms with van der Waals surface area (Å²) < 4.78 is 27.6. The van der Waals surface area contributed by atoms with Gasteiger partial charge in [0.25, 0.3) is 0 Å². The second-order valence-electron chi connectivity index (χ2n) is 6.27. The largest absolute Gasteiger partial charge is 0.480 e. The number of fused-ring (bicyclic) bond motifs is 1. The van der Waals surface area contributed by atoms with Gasteiger partial charge in [-0.1, -0.05) is 18.2 Å². The molecule has 0 aromatic heterocycles. The molecule has 23 heavy (non-hydrogen) atoms. The van der Waals surface area contributed by atoms with Crippen molar-refractivity contribution in [1.29, 1.82) is 0 Å². The van der Waals surface area contributed by atoms with Crippen molar-refractivity contribution in [2.75, 3.05) is 23.9 Å². The molecule has 0 spiro atoms. The molecule has 2 heterocycles. The van der Waals surface area contributed by atoms with Gasteiger partial charge in [0.1, 0.15) is 6.04 Å². The van der Waals surface area contributed by atoms with Crippen LogP contribution in [0.1, 0.15) is 25.3 Å². The average Bonchev–Trinajstić information content (AvgIpc) is 2.99. The van der Waals surface area contributed by atoms with Crippen molar-refractivity contribution in [3.8, 4) is 0 Å². The zero-order valence-corrected chi connectivity index (χ0v) is 14.0.